The summed E-state index contributed by atoms with van der Waals surface area (Å²) in [5.74, 6) is -0.175. The number of thiazole rings is 1. The molecule has 0 spiro atoms. The minimum Gasteiger partial charge on any atom is -0.361 e. The first-order valence-electron chi connectivity index (χ1n) is 6.98. The third-order valence-electron chi connectivity index (χ3n) is 3.52. The highest BCUT2D eigenvalue weighted by molar-refractivity contribution is 7.22. The molecule has 2 nitrogen and oxygen atoms in total. The standard InChI is InChI=1S/C17H17FN2S/c1-11-3-6-16-15(9-11)20-17(21-16)19-8-7-13-4-5-14(18)10-12(13)2/h3-6,9-10H,7-8H2,1-2H3,(H,19,20). The van der Waals surface area contributed by atoms with Gasteiger partial charge in [-0.15, -0.1) is 0 Å². The highest BCUT2D eigenvalue weighted by Gasteiger charge is 2.04. The molecule has 1 N–H and O–H groups in total. The summed E-state index contributed by atoms with van der Waals surface area (Å²) in [6.07, 6.45) is 0.862. The Morgan fingerprint density at radius 3 is 2.81 bits per heavy atom. The number of hydrogen-bond donors (Lipinski definition) is 1. The molecule has 0 aliphatic rings. The Morgan fingerprint density at radius 1 is 1.14 bits per heavy atom. The molecule has 108 valence electrons. The van der Waals surface area contributed by atoms with Crippen LogP contribution < -0.4 is 5.32 Å². The van der Waals surface area contributed by atoms with Crippen molar-refractivity contribution in [3.8, 4) is 0 Å². The van der Waals surface area contributed by atoms with Crippen LogP contribution in [0, 0.1) is 19.7 Å². The van der Waals surface area contributed by atoms with E-state index in [1.807, 2.05) is 13.0 Å². The highest BCUT2D eigenvalue weighted by Crippen LogP contribution is 2.26. The Balaban J connectivity index is 1.66. The van der Waals surface area contributed by atoms with Crippen LogP contribution >= 0.6 is 11.3 Å². The van der Waals surface area contributed by atoms with Gasteiger partial charge in [-0.3, -0.25) is 0 Å². The predicted molar refractivity (Wildman–Crippen MR) is 87.7 cm³/mol. The van der Waals surface area contributed by atoms with E-state index in [1.54, 1.807) is 17.4 Å². The predicted octanol–water partition coefficient (Wildman–Crippen LogP) is 4.71. The van der Waals surface area contributed by atoms with E-state index in [9.17, 15) is 4.39 Å². The molecule has 3 aromatic rings. The van der Waals surface area contributed by atoms with E-state index in [-0.39, 0.29) is 5.82 Å². The Kier molecular flexibility index (Phi) is 3.88. The molecular formula is C17H17FN2S. The van der Waals surface area contributed by atoms with Crippen LogP contribution in [0.1, 0.15) is 16.7 Å². The van der Waals surface area contributed by atoms with Crippen LogP contribution in [0.5, 0.6) is 0 Å². The zero-order chi connectivity index (χ0) is 14.8. The van der Waals surface area contributed by atoms with Crippen molar-refractivity contribution in [2.45, 2.75) is 20.3 Å². The zero-order valence-electron chi connectivity index (χ0n) is 12.1. The molecule has 21 heavy (non-hydrogen) atoms. The largest absolute Gasteiger partial charge is 0.361 e. The van der Waals surface area contributed by atoms with Crippen molar-refractivity contribution in [1.82, 2.24) is 4.98 Å². The molecule has 0 atom stereocenters. The fourth-order valence-electron chi connectivity index (χ4n) is 2.36. The van der Waals surface area contributed by atoms with Gasteiger partial charge in [-0.2, -0.15) is 0 Å². The number of nitrogens with one attached hydrogen (secondary N) is 1. The van der Waals surface area contributed by atoms with Gasteiger partial charge in [0, 0.05) is 6.54 Å². The number of benzene rings is 2. The quantitative estimate of drug-likeness (QED) is 0.755. The Hall–Kier alpha value is -1.94. The van der Waals surface area contributed by atoms with Gasteiger partial charge in [0.15, 0.2) is 5.13 Å². The van der Waals surface area contributed by atoms with Crippen LogP contribution in [0.15, 0.2) is 36.4 Å². The summed E-state index contributed by atoms with van der Waals surface area (Å²) in [5, 5.41) is 4.30. The van der Waals surface area contributed by atoms with Gasteiger partial charge in [0.2, 0.25) is 0 Å². The average Bonchev–Trinajstić information content (AvgIpc) is 2.83. The second-order valence-corrected chi connectivity index (χ2v) is 6.27. The molecule has 0 bridgehead atoms. The van der Waals surface area contributed by atoms with Gasteiger partial charge in [-0.1, -0.05) is 23.5 Å². The van der Waals surface area contributed by atoms with Crippen molar-refractivity contribution in [2.24, 2.45) is 0 Å². The van der Waals surface area contributed by atoms with Gasteiger partial charge in [-0.25, -0.2) is 9.37 Å². The lowest BCUT2D eigenvalue weighted by Crippen LogP contribution is -2.05. The summed E-state index contributed by atoms with van der Waals surface area (Å²) >= 11 is 1.67. The van der Waals surface area contributed by atoms with Crippen molar-refractivity contribution < 1.29 is 4.39 Å². The molecule has 4 heteroatoms. The number of rotatable bonds is 4. The molecule has 0 radical (unpaired) electrons. The average molecular weight is 300 g/mol. The molecule has 0 unspecified atom stereocenters. The van der Waals surface area contributed by atoms with Crippen LogP contribution in [-0.2, 0) is 6.42 Å². The topological polar surface area (TPSA) is 24.9 Å². The summed E-state index contributed by atoms with van der Waals surface area (Å²) in [6.45, 7) is 4.81. The summed E-state index contributed by atoms with van der Waals surface area (Å²) in [4.78, 5) is 4.59. The van der Waals surface area contributed by atoms with E-state index in [0.29, 0.717) is 0 Å². The lowest BCUT2D eigenvalue weighted by molar-refractivity contribution is 0.625. The van der Waals surface area contributed by atoms with Crippen molar-refractivity contribution in [1.29, 1.82) is 0 Å². The molecule has 0 saturated heterocycles. The molecule has 0 aliphatic heterocycles. The summed E-state index contributed by atoms with van der Waals surface area (Å²) in [5.41, 5.74) is 4.43. The van der Waals surface area contributed by atoms with E-state index in [2.05, 4.69) is 35.4 Å². The molecular weight excluding hydrogens is 283 g/mol. The molecule has 3 rings (SSSR count). The molecule has 1 aromatic heterocycles. The van der Waals surface area contributed by atoms with Crippen LogP contribution in [-0.4, -0.2) is 11.5 Å². The first-order chi connectivity index (χ1) is 10.1. The third kappa shape index (κ3) is 3.22. The van der Waals surface area contributed by atoms with Crippen molar-refractivity contribution >= 4 is 26.7 Å². The van der Waals surface area contributed by atoms with Crippen molar-refractivity contribution in [2.75, 3.05) is 11.9 Å². The molecule has 0 saturated carbocycles. The maximum atomic E-state index is 13.1. The number of aromatic nitrogens is 1. The molecule has 0 fully saturated rings. The molecule has 2 aromatic carbocycles. The number of fused-ring (bicyclic) bond motifs is 1. The van der Waals surface area contributed by atoms with Crippen LogP contribution in [0.25, 0.3) is 10.2 Å². The summed E-state index contributed by atoms with van der Waals surface area (Å²) in [6, 6.07) is 11.3. The number of anilines is 1. The first kappa shape index (κ1) is 14.0. The SMILES string of the molecule is Cc1ccc2sc(NCCc3ccc(F)cc3C)nc2c1. The Bertz CT molecular complexity index is 780. The smallest absolute Gasteiger partial charge is 0.183 e. The second kappa shape index (κ2) is 5.82. The van der Waals surface area contributed by atoms with E-state index in [0.717, 1.165) is 29.2 Å². The van der Waals surface area contributed by atoms with E-state index in [1.165, 1.54) is 21.9 Å². The second-order valence-electron chi connectivity index (χ2n) is 5.24. The van der Waals surface area contributed by atoms with Gasteiger partial charge < -0.3 is 5.32 Å². The zero-order valence-corrected chi connectivity index (χ0v) is 12.9. The monoisotopic (exact) mass is 300 g/mol. The van der Waals surface area contributed by atoms with Crippen LogP contribution in [0.2, 0.25) is 0 Å². The van der Waals surface area contributed by atoms with E-state index >= 15 is 0 Å². The van der Waals surface area contributed by atoms with Crippen LogP contribution in [0.4, 0.5) is 9.52 Å². The van der Waals surface area contributed by atoms with Crippen LogP contribution in [0.3, 0.4) is 0 Å². The number of nitrogens with zero attached hydrogens (tertiary/aromatic N) is 1. The normalized spacial score (nSPS) is 11.0. The van der Waals surface area contributed by atoms with E-state index in [4.69, 9.17) is 0 Å². The Morgan fingerprint density at radius 2 is 2.00 bits per heavy atom. The number of aryl methyl sites for hydroxylation is 2. The highest BCUT2D eigenvalue weighted by atomic mass is 32.1. The fraction of sp³-hybridized carbons (Fsp3) is 0.235. The van der Waals surface area contributed by atoms with E-state index < -0.39 is 0 Å². The summed E-state index contributed by atoms with van der Waals surface area (Å²) in [7, 11) is 0. The molecule has 0 amide bonds. The number of halogens is 1. The molecule has 0 aliphatic carbocycles. The summed E-state index contributed by atoms with van der Waals surface area (Å²) < 4.78 is 14.3. The number of hydrogen-bond acceptors (Lipinski definition) is 3. The Labute approximate surface area is 127 Å². The maximum Gasteiger partial charge on any atom is 0.183 e. The lowest BCUT2D eigenvalue weighted by Gasteiger charge is -2.06. The minimum absolute atomic E-state index is 0.175. The van der Waals surface area contributed by atoms with Gasteiger partial charge in [0.05, 0.1) is 10.2 Å². The fourth-order valence-corrected chi connectivity index (χ4v) is 3.23. The van der Waals surface area contributed by atoms with Gasteiger partial charge >= 0.3 is 0 Å². The molecule has 1 heterocycles. The minimum atomic E-state index is -0.175. The lowest BCUT2D eigenvalue weighted by atomic mass is 10.1. The third-order valence-corrected chi connectivity index (χ3v) is 4.51. The van der Waals surface area contributed by atoms with Gasteiger partial charge in [0.25, 0.3) is 0 Å². The van der Waals surface area contributed by atoms with Crippen molar-refractivity contribution in [3.05, 3.63) is 58.9 Å². The van der Waals surface area contributed by atoms with Gasteiger partial charge in [-0.05, 0) is 61.2 Å². The van der Waals surface area contributed by atoms with Gasteiger partial charge in [0.1, 0.15) is 5.82 Å². The van der Waals surface area contributed by atoms with Crippen molar-refractivity contribution in [3.63, 3.8) is 0 Å². The maximum absolute atomic E-state index is 13.1. The first-order valence-corrected chi connectivity index (χ1v) is 7.79.